The molecule has 2 aromatic heterocycles. The van der Waals surface area contributed by atoms with Crippen LogP contribution in [-0.4, -0.2) is 163 Å². The van der Waals surface area contributed by atoms with Crippen LogP contribution in [0.4, 0.5) is 5.95 Å². The smallest absolute Gasteiger partial charge is 0.387 e. The third-order valence-corrected chi connectivity index (χ3v) is 7.68. The number of hydrogen-bond donors (Lipinski definition) is 8. The number of aromatic amines is 1. The largest absolute Gasteiger partial charge is 0.490 e. The zero-order valence-electron chi connectivity index (χ0n) is 18.3. The zero-order chi connectivity index (χ0) is 24.1. The first-order valence-corrected chi connectivity index (χ1v) is 12.6. The Labute approximate surface area is 261 Å². The van der Waals surface area contributed by atoms with Gasteiger partial charge in [0.2, 0.25) is 5.95 Å². The number of ether oxygens (including phenoxy) is 1. The number of H-pyrrole nitrogens is 1. The van der Waals surface area contributed by atoms with Crippen LogP contribution < -0.4 is 11.3 Å². The van der Waals surface area contributed by atoms with Crippen molar-refractivity contribution in [3.8, 4) is 0 Å². The Kier molecular flexibility index (Phi) is 14.2. The van der Waals surface area contributed by atoms with Crippen LogP contribution in [0.1, 0.15) is 6.23 Å². The molecule has 3 heterocycles. The molecule has 35 heavy (non-hydrogen) atoms. The van der Waals surface area contributed by atoms with Gasteiger partial charge in [0.15, 0.2) is 17.4 Å². The molecule has 0 spiro atoms. The van der Waals surface area contributed by atoms with Gasteiger partial charge in [0.1, 0.15) is 18.3 Å². The first-order chi connectivity index (χ1) is 14.6. The normalized spacial score (nSPS) is 25.5. The van der Waals surface area contributed by atoms with Gasteiger partial charge in [0.05, 0.1) is 12.9 Å². The van der Waals surface area contributed by atoms with E-state index in [2.05, 4.69) is 28.1 Å². The molecule has 3 rings (SSSR count). The van der Waals surface area contributed by atoms with Crippen LogP contribution in [0.3, 0.4) is 0 Å². The second kappa shape index (κ2) is 13.7. The number of aliphatic hydroxyl groups excluding tert-OH is 2. The summed E-state index contributed by atoms with van der Waals surface area (Å²) in [7, 11) is -16.8. The summed E-state index contributed by atoms with van der Waals surface area (Å²) in [5, 5.41) is 20.4. The molecule has 0 amide bonds. The van der Waals surface area contributed by atoms with E-state index < -0.39 is 60.2 Å². The average molecular weight is 592 g/mol. The standard InChI is InChI=1S/C10H16N5O14P3.3Na/c11-10-13-7-4(8(18)14-10)12-2-15(7)9-6(17)5(16)3(27-9)1-26-31(22,23)29-32(24,25)28-30(19,20)21;;;/h2-3,5-6,9,16-17H,1H2,(H,22,23)(H,24,25)(H2,19,20,21)(H3,11,13,14,18);;;/t3-,5-,6-,9-;;;/m1.../s1. The van der Waals surface area contributed by atoms with Crippen LogP contribution in [0.5, 0.6) is 0 Å². The third kappa shape index (κ3) is 9.54. The molecule has 2 aromatic rings. The Balaban J connectivity index is 0.00000385. The van der Waals surface area contributed by atoms with Gasteiger partial charge >= 0.3 is 23.5 Å². The number of nitrogens with one attached hydrogen (secondary N) is 1. The number of aromatic nitrogens is 4. The van der Waals surface area contributed by atoms with Gasteiger partial charge in [-0.25, -0.2) is 18.7 Å². The van der Waals surface area contributed by atoms with Crippen molar-refractivity contribution in [3.05, 3.63) is 16.7 Å². The van der Waals surface area contributed by atoms with E-state index in [0.717, 1.165) is 10.9 Å². The van der Waals surface area contributed by atoms with Crippen molar-refractivity contribution >= 4 is 129 Å². The number of phosphoric acid groups is 3. The SMILES string of the molecule is Nc1nc2c(ncn2[C@@H]2O[C@H](COP(=O)(O)OP(=O)(O)OP(=O)(O)O)[C@@H](O)[C@H]2O)c(=O)[nH]1.[Na].[Na].[Na]. The van der Waals surface area contributed by atoms with E-state index in [9.17, 15) is 33.6 Å². The van der Waals surface area contributed by atoms with Crippen LogP contribution in [0.15, 0.2) is 11.1 Å². The Morgan fingerprint density at radius 2 is 1.66 bits per heavy atom. The molecule has 0 aliphatic carbocycles. The molecule has 25 heteroatoms. The predicted octanol–water partition coefficient (Wildman–Crippen LogP) is -3.48. The maximum atomic E-state index is 11.9. The maximum Gasteiger partial charge on any atom is 0.490 e. The number of fused-ring (bicyclic) bond motifs is 1. The van der Waals surface area contributed by atoms with E-state index in [1.54, 1.807) is 0 Å². The van der Waals surface area contributed by atoms with Crippen LogP contribution >= 0.6 is 23.5 Å². The summed E-state index contributed by atoms with van der Waals surface area (Å²) in [4.78, 5) is 57.3. The molecular weight excluding hydrogens is 576 g/mol. The van der Waals surface area contributed by atoms with E-state index in [1.165, 1.54) is 0 Å². The first-order valence-electron chi connectivity index (χ1n) is 8.11. The van der Waals surface area contributed by atoms with Crippen molar-refractivity contribution in [1.29, 1.82) is 0 Å². The van der Waals surface area contributed by atoms with Gasteiger partial charge in [0, 0.05) is 88.7 Å². The number of hydrogen-bond acceptors (Lipinski definition) is 13. The summed E-state index contributed by atoms with van der Waals surface area (Å²) in [5.74, 6) is -0.276. The average Bonchev–Trinajstić information content (AvgIpc) is 3.12. The van der Waals surface area contributed by atoms with Gasteiger partial charge in [-0.1, -0.05) is 0 Å². The molecule has 1 fully saturated rings. The molecule has 0 saturated carbocycles. The summed E-state index contributed by atoms with van der Waals surface area (Å²) in [6.45, 7) is -1.01. The topological polar surface area (TPSA) is 299 Å². The van der Waals surface area contributed by atoms with Crippen molar-refractivity contribution in [2.45, 2.75) is 24.5 Å². The molecule has 19 nitrogen and oxygen atoms in total. The van der Waals surface area contributed by atoms with Crippen molar-refractivity contribution in [2.24, 2.45) is 0 Å². The molecule has 9 N–H and O–H groups in total. The predicted molar refractivity (Wildman–Crippen MR) is 116 cm³/mol. The van der Waals surface area contributed by atoms with Gasteiger partial charge in [-0.3, -0.25) is 18.9 Å². The summed E-state index contributed by atoms with van der Waals surface area (Å²) in [5.41, 5.74) is 4.50. The molecule has 0 aromatic carbocycles. The minimum Gasteiger partial charge on any atom is -0.387 e. The number of nitrogens with zero attached hydrogens (tertiary/aromatic N) is 3. The second-order valence-electron chi connectivity index (χ2n) is 6.21. The number of anilines is 1. The molecule has 1 saturated heterocycles. The number of imidazole rings is 1. The van der Waals surface area contributed by atoms with Crippen LogP contribution in [-0.2, 0) is 31.6 Å². The molecule has 3 radical (unpaired) electrons. The van der Waals surface area contributed by atoms with Gasteiger partial charge in [-0.15, -0.1) is 0 Å². The third-order valence-electron chi connectivity index (χ3n) is 3.88. The van der Waals surface area contributed by atoms with Crippen molar-refractivity contribution in [1.82, 2.24) is 19.5 Å². The summed E-state index contributed by atoms with van der Waals surface area (Å²) < 4.78 is 51.6. The fourth-order valence-corrected chi connectivity index (χ4v) is 5.73. The fourth-order valence-electron chi connectivity index (χ4n) is 2.70. The number of nitrogen functional groups attached to an aromatic ring is 1. The van der Waals surface area contributed by atoms with E-state index in [-0.39, 0.29) is 106 Å². The van der Waals surface area contributed by atoms with E-state index in [4.69, 9.17) is 25.2 Å². The Hall–Kier alpha value is 1.44. The van der Waals surface area contributed by atoms with E-state index in [1.807, 2.05) is 0 Å². The number of aliphatic hydroxyl groups is 2. The van der Waals surface area contributed by atoms with Gasteiger partial charge in [0.25, 0.3) is 5.56 Å². The van der Waals surface area contributed by atoms with E-state index >= 15 is 0 Å². The van der Waals surface area contributed by atoms with E-state index in [0.29, 0.717) is 0 Å². The van der Waals surface area contributed by atoms with Crippen LogP contribution in [0, 0.1) is 0 Å². The second-order valence-corrected chi connectivity index (χ2v) is 10.6. The molecule has 0 bridgehead atoms. The van der Waals surface area contributed by atoms with Gasteiger partial charge in [-0.05, 0) is 0 Å². The van der Waals surface area contributed by atoms with Gasteiger partial charge < -0.3 is 40.3 Å². The van der Waals surface area contributed by atoms with Crippen molar-refractivity contribution in [3.63, 3.8) is 0 Å². The summed E-state index contributed by atoms with van der Waals surface area (Å²) in [6, 6.07) is 0. The van der Waals surface area contributed by atoms with Crippen LogP contribution in [0.25, 0.3) is 11.2 Å². The van der Waals surface area contributed by atoms with Gasteiger partial charge in [-0.2, -0.15) is 13.6 Å². The molecule has 6 atom stereocenters. The molecule has 1 aliphatic heterocycles. The number of rotatable bonds is 8. The minimum atomic E-state index is -5.73. The van der Waals surface area contributed by atoms with Crippen molar-refractivity contribution < 1.29 is 61.4 Å². The summed E-state index contributed by atoms with van der Waals surface area (Å²) in [6.07, 6.45) is -5.33. The Morgan fingerprint density at radius 1 is 1.06 bits per heavy atom. The molecule has 183 valence electrons. The monoisotopic (exact) mass is 592 g/mol. The molecule has 1 aliphatic rings. The fraction of sp³-hybridized carbons (Fsp3) is 0.500. The quantitative estimate of drug-likeness (QED) is 0.109. The Bertz CT molecular complexity index is 1220. The zero-order valence-corrected chi connectivity index (χ0v) is 27.0. The summed E-state index contributed by atoms with van der Waals surface area (Å²) >= 11 is 0. The van der Waals surface area contributed by atoms with Crippen molar-refractivity contribution in [2.75, 3.05) is 12.3 Å². The minimum absolute atomic E-state index is 0. The Morgan fingerprint density at radius 3 is 2.23 bits per heavy atom. The molecule has 2 unspecified atom stereocenters. The van der Waals surface area contributed by atoms with Crippen LogP contribution in [0.2, 0.25) is 0 Å². The number of nitrogens with two attached hydrogens (primary N) is 1. The first kappa shape index (κ1) is 36.4. The number of phosphoric ester groups is 1. The molecular formula is C10H16N5Na3O14P3. The maximum absolute atomic E-state index is 11.9.